The van der Waals surface area contributed by atoms with Gasteiger partial charge in [-0.15, -0.1) is 0 Å². The average molecular weight is 1520 g/mol. The van der Waals surface area contributed by atoms with Crippen LogP contribution in [0.2, 0.25) is 0 Å². The van der Waals surface area contributed by atoms with Crippen molar-refractivity contribution in [2.75, 3.05) is 24.5 Å². The van der Waals surface area contributed by atoms with Gasteiger partial charge in [0.25, 0.3) is 0 Å². The molecule has 0 amide bonds. The van der Waals surface area contributed by atoms with Gasteiger partial charge < -0.3 is 49.0 Å². The standard InChI is InChI=1S/C22H30N2.C22H24N2.C21H28N2.C17H22N2.C16H20N2.5CH4/c2*1-16-10-8-9-13-20(16)23-17(2)21-14-15-22(4,24(21)18(23)3)19-11-6-5-7-12-19;1-15-9-5-8-12-19(15)22-16(2)20-13-14-21(4,23(20)17(22)3)18-10-6-7-11-18;1-12-8-6-7-9-15(12)18-13(2)16-10-11-17(4,5)19(16)14(18)3;1-11-7-5-6-8-15(11)18-13(3)16-10-9-12(2)17(16)14(18)4;;;;;/h8-10,13-15,18-19H,5-7,11-12H2,1-4H3;5-15,18H,1-4H3;5,8-9,12-14,17-18H,6-7,10-11H2,1-4H3;6-11,14H,1-5H3;5-10,12,14H,1-4H3;5*1H4/i;;;;12D;;;;;. The highest BCUT2D eigenvalue weighted by Gasteiger charge is 2.53. The summed E-state index contributed by atoms with van der Waals surface area (Å²) in [7, 11) is 0. The first-order valence-corrected chi connectivity index (χ1v) is 40.8. The Morgan fingerprint density at radius 2 is 0.584 bits per heavy atom. The van der Waals surface area contributed by atoms with E-state index in [2.05, 4.69) is 394 Å². The van der Waals surface area contributed by atoms with E-state index >= 15 is 0 Å². The molecule has 10 nitrogen and oxygen atoms in total. The fourth-order valence-corrected chi connectivity index (χ4v) is 21.3. The van der Waals surface area contributed by atoms with Crippen LogP contribution >= 0.6 is 0 Å². The van der Waals surface area contributed by atoms with Crippen LogP contribution in [0.15, 0.2) is 269 Å². The summed E-state index contributed by atoms with van der Waals surface area (Å²) in [5.74, 6) is 1.58. The lowest BCUT2D eigenvalue weighted by Gasteiger charge is -2.46. The van der Waals surface area contributed by atoms with Gasteiger partial charge in [0.15, 0.2) is 0 Å². The maximum atomic E-state index is 8.42. The zero-order valence-electron chi connectivity index (χ0n) is 70.1. The molecule has 606 valence electrons. The molecular weight excluding hydrogens is 1380 g/mol. The number of benzene rings is 6. The molecule has 10 aliphatic heterocycles. The molecule has 2 aliphatic carbocycles. The normalized spacial score (nSPS) is 27.2. The van der Waals surface area contributed by atoms with Crippen LogP contribution in [0.4, 0.5) is 28.4 Å². The van der Waals surface area contributed by atoms with Crippen LogP contribution in [0.5, 0.6) is 0 Å². The van der Waals surface area contributed by atoms with E-state index < -0.39 is 6.02 Å². The van der Waals surface area contributed by atoms with E-state index in [4.69, 9.17) is 1.37 Å². The summed E-state index contributed by atoms with van der Waals surface area (Å²) in [6, 6.07) is 53.4. The molecule has 0 saturated heterocycles. The summed E-state index contributed by atoms with van der Waals surface area (Å²) < 4.78 is 8.42. The highest BCUT2D eigenvalue weighted by molar-refractivity contribution is 5.68. The lowest BCUT2D eigenvalue weighted by Crippen LogP contribution is -2.52. The van der Waals surface area contributed by atoms with E-state index in [-0.39, 0.29) is 71.6 Å². The lowest BCUT2D eigenvalue weighted by atomic mass is 9.75. The quantitative estimate of drug-likeness (QED) is 0.147. The van der Waals surface area contributed by atoms with E-state index in [9.17, 15) is 0 Å². The van der Waals surface area contributed by atoms with E-state index in [1.54, 1.807) is 0 Å². The van der Waals surface area contributed by atoms with Crippen molar-refractivity contribution in [3.63, 3.8) is 0 Å². The molecular formula is C103H144N10. The Hall–Kier alpha value is -9.28. The summed E-state index contributed by atoms with van der Waals surface area (Å²) >= 11 is 0. The van der Waals surface area contributed by atoms with Crippen molar-refractivity contribution < 1.29 is 1.37 Å². The molecule has 113 heavy (non-hydrogen) atoms. The lowest BCUT2D eigenvalue weighted by molar-refractivity contribution is 0.0931. The van der Waals surface area contributed by atoms with Crippen LogP contribution in [0.3, 0.4) is 0 Å². The first-order valence-electron chi connectivity index (χ1n) is 41.3. The number of allylic oxidation sites excluding steroid dienone is 10. The van der Waals surface area contributed by atoms with Crippen molar-refractivity contribution in [1.82, 2.24) is 24.5 Å². The predicted octanol–water partition coefficient (Wildman–Crippen LogP) is 26.9. The Kier molecular flexibility index (Phi) is 26.2. The molecule has 0 spiro atoms. The smallest absolute Gasteiger partial charge is 0.104 e. The highest BCUT2D eigenvalue weighted by Crippen LogP contribution is 2.54. The number of rotatable bonds is 8. The molecule has 9 unspecified atom stereocenters. The SMILES string of the molecule is C.C.C.C.C.CC1=C2C=CC(C)(C)N2C(C)N1c1ccccc1C.CC1=C2C=CC(C)(C3CCCC3)N2C(C)N1c1ccccc1C.CC1=C2C=CC(C)(C3CCCCC3)N2C(C)N1c1ccccc1C.CC1=C2C=CC(C)(c3ccccc3)N2C(C)N1c1ccccc1C.[2H]C1(C)C=CC2=C(C)N(c3ccccc3C)C(C)N21. The fourth-order valence-electron chi connectivity index (χ4n) is 21.3. The Bertz CT molecular complexity index is 4650. The minimum atomic E-state index is -0.645. The molecule has 0 radical (unpaired) electrons. The fraction of sp³-hybridized carbons (Fsp3) is 0.456. The summed E-state index contributed by atoms with van der Waals surface area (Å²) in [4.78, 5) is 24.9. The van der Waals surface area contributed by atoms with Crippen molar-refractivity contribution in [3.8, 4) is 0 Å². The maximum Gasteiger partial charge on any atom is 0.104 e. The molecule has 12 aliphatic rings. The molecule has 0 bridgehead atoms. The Balaban J connectivity index is 0.000000162. The van der Waals surface area contributed by atoms with Crippen LogP contribution in [0.25, 0.3) is 0 Å². The molecule has 6 aromatic carbocycles. The van der Waals surface area contributed by atoms with Gasteiger partial charge in [-0.25, -0.2) is 0 Å². The zero-order chi connectivity index (χ0) is 77.6. The van der Waals surface area contributed by atoms with Gasteiger partial charge in [-0.1, -0.05) is 221 Å². The van der Waals surface area contributed by atoms with Crippen molar-refractivity contribution in [1.29, 1.82) is 0 Å². The second kappa shape index (κ2) is 34.4. The Morgan fingerprint density at radius 1 is 0.301 bits per heavy atom. The van der Waals surface area contributed by atoms with Gasteiger partial charge in [0.05, 0.1) is 52.0 Å². The van der Waals surface area contributed by atoms with Crippen molar-refractivity contribution >= 4 is 28.4 Å². The summed E-state index contributed by atoms with van der Waals surface area (Å²) in [6.45, 7) is 47.4. The van der Waals surface area contributed by atoms with Crippen LogP contribution in [-0.2, 0) is 5.54 Å². The number of nitrogens with zero attached hydrogens (tertiary/aromatic N) is 10. The number of fused-ring (bicyclic) bond motifs is 5. The van der Waals surface area contributed by atoms with Gasteiger partial charge in [-0.2, -0.15) is 0 Å². The van der Waals surface area contributed by atoms with E-state index in [1.807, 2.05) is 13.0 Å². The van der Waals surface area contributed by atoms with Crippen LogP contribution < -0.4 is 24.5 Å². The largest absolute Gasteiger partial charge is 0.343 e. The highest BCUT2D eigenvalue weighted by atomic mass is 15.5. The number of hydrogen-bond acceptors (Lipinski definition) is 10. The molecule has 10 heteroatoms. The minimum Gasteiger partial charge on any atom is -0.343 e. The number of hydrogen-bond donors (Lipinski definition) is 0. The van der Waals surface area contributed by atoms with Gasteiger partial charge in [-0.05, 0) is 277 Å². The van der Waals surface area contributed by atoms with Crippen molar-refractivity contribution in [2.24, 2.45) is 11.8 Å². The molecule has 0 N–H and O–H groups in total. The van der Waals surface area contributed by atoms with E-state index in [0.717, 1.165) is 11.8 Å². The number of para-hydroxylation sites is 5. The summed E-state index contributed by atoms with van der Waals surface area (Å²) in [5, 5.41) is 0. The minimum absolute atomic E-state index is 0. The first kappa shape index (κ1) is 86.1. The van der Waals surface area contributed by atoms with Gasteiger partial charge in [-0.3, -0.25) is 0 Å². The Morgan fingerprint density at radius 3 is 0.938 bits per heavy atom. The van der Waals surface area contributed by atoms with E-state index in [0.29, 0.717) is 18.5 Å². The third-order valence-corrected chi connectivity index (χ3v) is 26.9. The zero-order valence-corrected chi connectivity index (χ0v) is 69.1. The second-order valence-electron chi connectivity index (χ2n) is 33.9. The summed E-state index contributed by atoms with van der Waals surface area (Å²) in [5.41, 5.74) is 28.3. The van der Waals surface area contributed by atoms with E-state index in [1.165, 1.54) is 177 Å². The average Bonchev–Trinajstić information content (AvgIpc) is 1.58. The molecule has 2 fully saturated rings. The third-order valence-electron chi connectivity index (χ3n) is 26.9. The summed E-state index contributed by atoms with van der Waals surface area (Å²) in [6.07, 6.45) is 37.1. The second-order valence-corrected chi connectivity index (χ2v) is 33.9. The molecule has 0 aromatic heterocycles. The molecule has 6 aromatic rings. The predicted molar refractivity (Wildman–Crippen MR) is 490 cm³/mol. The van der Waals surface area contributed by atoms with Crippen LogP contribution in [0, 0.1) is 46.5 Å². The molecule has 9 atom stereocenters. The van der Waals surface area contributed by atoms with Gasteiger partial charge >= 0.3 is 0 Å². The topological polar surface area (TPSA) is 32.4 Å². The maximum absolute atomic E-state index is 8.42. The van der Waals surface area contributed by atoms with Crippen molar-refractivity contribution in [2.45, 2.75) is 299 Å². The first-order chi connectivity index (χ1) is 52.0. The monoisotopic (exact) mass is 1520 g/mol. The molecule has 10 heterocycles. The number of aryl methyl sites for hydroxylation is 5. The van der Waals surface area contributed by atoms with Gasteiger partial charge in [0.2, 0.25) is 0 Å². The third kappa shape index (κ3) is 15.0. The Labute approximate surface area is 688 Å². The number of anilines is 5. The molecule has 2 saturated carbocycles. The van der Waals surface area contributed by atoms with Crippen molar-refractivity contribution in [3.05, 3.63) is 303 Å². The van der Waals surface area contributed by atoms with Crippen LogP contribution in [0.1, 0.15) is 240 Å². The molecule has 18 rings (SSSR count). The van der Waals surface area contributed by atoms with Gasteiger partial charge in [0.1, 0.15) is 30.8 Å². The van der Waals surface area contributed by atoms with Crippen LogP contribution in [-0.4, -0.2) is 78.0 Å². The van der Waals surface area contributed by atoms with Gasteiger partial charge in [0, 0.05) is 62.9 Å².